The third-order valence-corrected chi connectivity index (χ3v) is 3.22. The minimum atomic E-state index is 0.478. The molecule has 0 saturated carbocycles. The number of hydrogen-bond donors (Lipinski definition) is 0. The Morgan fingerprint density at radius 3 is 2.78 bits per heavy atom. The average Bonchev–Trinajstić information content (AvgIpc) is 3.00. The molecule has 0 amide bonds. The minimum Gasteiger partial charge on any atom is -0.324 e. The van der Waals surface area contributed by atoms with E-state index in [4.69, 9.17) is 0 Å². The van der Waals surface area contributed by atoms with Crippen LogP contribution in [0.15, 0.2) is 54.6 Å². The van der Waals surface area contributed by atoms with Crippen LogP contribution in [0.5, 0.6) is 0 Å². The van der Waals surface area contributed by atoms with E-state index in [2.05, 4.69) is 58.1 Å². The van der Waals surface area contributed by atoms with Gasteiger partial charge in [0.15, 0.2) is 0 Å². The lowest BCUT2D eigenvalue weighted by Crippen LogP contribution is -2.07. The summed E-state index contributed by atoms with van der Waals surface area (Å²) in [4.78, 5) is 4.67. The van der Waals surface area contributed by atoms with Crippen molar-refractivity contribution in [1.82, 2.24) is 9.55 Å². The fourth-order valence-corrected chi connectivity index (χ4v) is 2.37. The second-order valence-electron chi connectivity index (χ2n) is 4.50. The van der Waals surface area contributed by atoms with Crippen LogP contribution in [0.3, 0.4) is 0 Å². The SMILES string of the molecule is C/C=C/c1nc2ccccc2n1CC1C=CC=C1. The van der Waals surface area contributed by atoms with Gasteiger partial charge >= 0.3 is 0 Å². The first-order valence-corrected chi connectivity index (χ1v) is 6.31. The summed E-state index contributed by atoms with van der Waals surface area (Å²) in [6, 6.07) is 8.31. The van der Waals surface area contributed by atoms with E-state index in [1.807, 2.05) is 19.1 Å². The van der Waals surface area contributed by atoms with Crippen LogP contribution in [0.25, 0.3) is 17.1 Å². The molecule has 1 aromatic carbocycles. The summed E-state index contributed by atoms with van der Waals surface area (Å²) in [5, 5.41) is 0. The molecule has 1 aliphatic carbocycles. The van der Waals surface area contributed by atoms with Crippen LogP contribution in [0, 0.1) is 5.92 Å². The van der Waals surface area contributed by atoms with Crippen molar-refractivity contribution in [2.24, 2.45) is 5.92 Å². The molecule has 1 aliphatic rings. The first-order valence-electron chi connectivity index (χ1n) is 6.31. The van der Waals surface area contributed by atoms with Gasteiger partial charge in [0.2, 0.25) is 0 Å². The predicted molar refractivity (Wildman–Crippen MR) is 76.2 cm³/mol. The van der Waals surface area contributed by atoms with Gasteiger partial charge in [-0.2, -0.15) is 0 Å². The van der Waals surface area contributed by atoms with Gasteiger partial charge in [0, 0.05) is 12.5 Å². The van der Waals surface area contributed by atoms with Crippen LogP contribution in [-0.2, 0) is 6.54 Å². The number of nitrogens with zero attached hydrogens (tertiary/aromatic N) is 2. The summed E-state index contributed by atoms with van der Waals surface area (Å²) in [5.41, 5.74) is 2.27. The van der Waals surface area contributed by atoms with Crippen molar-refractivity contribution in [1.29, 1.82) is 0 Å². The number of fused-ring (bicyclic) bond motifs is 1. The van der Waals surface area contributed by atoms with E-state index in [9.17, 15) is 0 Å². The highest BCUT2D eigenvalue weighted by Crippen LogP contribution is 2.21. The van der Waals surface area contributed by atoms with Crippen LogP contribution in [0.2, 0.25) is 0 Å². The summed E-state index contributed by atoms with van der Waals surface area (Å²) in [6.07, 6.45) is 12.8. The molecule has 0 N–H and O–H groups in total. The molecule has 0 fully saturated rings. The third kappa shape index (κ3) is 1.90. The van der Waals surface area contributed by atoms with E-state index in [1.165, 1.54) is 5.52 Å². The number of aromatic nitrogens is 2. The van der Waals surface area contributed by atoms with Crippen LogP contribution >= 0.6 is 0 Å². The lowest BCUT2D eigenvalue weighted by Gasteiger charge is -2.10. The molecule has 0 bridgehead atoms. The lowest BCUT2D eigenvalue weighted by molar-refractivity contribution is 0.629. The molecular formula is C16H16N2. The maximum absolute atomic E-state index is 4.67. The Balaban J connectivity index is 2.08. The summed E-state index contributed by atoms with van der Waals surface area (Å²) in [5.74, 6) is 1.51. The van der Waals surface area contributed by atoms with Gasteiger partial charge < -0.3 is 4.57 Å². The van der Waals surface area contributed by atoms with Crippen molar-refractivity contribution >= 4 is 17.1 Å². The van der Waals surface area contributed by atoms with Crippen LogP contribution in [0.4, 0.5) is 0 Å². The zero-order valence-electron chi connectivity index (χ0n) is 10.5. The van der Waals surface area contributed by atoms with Crippen molar-refractivity contribution in [2.45, 2.75) is 13.5 Å². The summed E-state index contributed by atoms with van der Waals surface area (Å²) < 4.78 is 2.29. The predicted octanol–water partition coefficient (Wildman–Crippen LogP) is 3.81. The Morgan fingerprint density at radius 2 is 2.00 bits per heavy atom. The molecule has 1 aromatic heterocycles. The van der Waals surface area contributed by atoms with Gasteiger partial charge in [-0.15, -0.1) is 0 Å². The van der Waals surface area contributed by atoms with Crippen molar-refractivity contribution < 1.29 is 0 Å². The molecule has 0 atom stereocenters. The number of rotatable bonds is 3. The van der Waals surface area contributed by atoms with Gasteiger partial charge in [0.25, 0.3) is 0 Å². The quantitative estimate of drug-likeness (QED) is 0.792. The molecular weight excluding hydrogens is 220 g/mol. The molecule has 2 nitrogen and oxygen atoms in total. The van der Waals surface area contributed by atoms with Crippen molar-refractivity contribution in [3.63, 3.8) is 0 Å². The molecule has 0 aliphatic heterocycles. The fraction of sp³-hybridized carbons (Fsp3) is 0.188. The second-order valence-corrected chi connectivity index (χ2v) is 4.50. The minimum absolute atomic E-state index is 0.478. The summed E-state index contributed by atoms with van der Waals surface area (Å²) in [7, 11) is 0. The standard InChI is InChI=1S/C16H16N2/c1-2-7-16-17-14-10-5-6-11-15(14)18(16)12-13-8-3-4-9-13/h2-11,13H,12H2,1H3/b7-2+. The first kappa shape index (κ1) is 11.0. The summed E-state index contributed by atoms with van der Waals surface area (Å²) >= 11 is 0. The highest BCUT2D eigenvalue weighted by atomic mass is 15.1. The zero-order valence-corrected chi connectivity index (χ0v) is 10.5. The zero-order chi connectivity index (χ0) is 12.4. The highest BCUT2D eigenvalue weighted by Gasteiger charge is 2.11. The Kier molecular flexibility index (Phi) is 2.85. The molecule has 90 valence electrons. The molecule has 3 rings (SSSR count). The number of imidazole rings is 1. The molecule has 18 heavy (non-hydrogen) atoms. The van der Waals surface area contributed by atoms with Crippen molar-refractivity contribution in [3.05, 3.63) is 60.5 Å². The maximum atomic E-state index is 4.67. The lowest BCUT2D eigenvalue weighted by atomic mass is 10.1. The molecule has 0 radical (unpaired) electrons. The normalized spacial score (nSPS) is 15.4. The van der Waals surface area contributed by atoms with E-state index >= 15 is 0 Å². The highest BCUT2D eigenvalue weighted by molar-refractivity contribution is 5.77. The molecule has 1 heterocycles. The fourth-order valence-electron chi connectivity index (χ4n) is 2.37. The number of para-hydroxylation sites is 2. The van der Waals surface area contributed by atoms with E-state index < -0.39 is 0 Å². The van der Waals surface area contributed by atoms with Gasteiger partial charge in [0.1, 0.15) is 5.82 Å². The number of benzene rings is 1. The van der Waals surface area contributed by atoms with Gasteiger partial charge in [-0.3, -0.25) is 0 Å². The Labute approximate surface area is 107 Å². The van der Waals surface area contributed by atoms with E-state index in [0.717, 1.165) is 17.9 Å². The molecule has 0 spiro atoms. The smallest absolute Gasteiger partial charge is 0.133 e. The van der Waals surface area contributed by atoms with Crippen molar-refractivity contribution in [3.8, 4) is 0 Å². The second kappa shape index (κ2) is 4.65. The van der Waals surface area contributed by atoms with Crippen molar-refractivity contribution in [2.75, 3.05) is 0 Å². The topological polar surface area (TPSA) is 17.8 Å². The van der Waals surface area contributed by atoms with Gasteiger partial charge in [-0.1, -0.05) is 42.5 Å². The van der Waals surface area contributed by atoms with Gasteiger partial charge in [-0.05, 0) is 25.1 Å². The summed E-state index contributed by atoms with van der Waals surface area (Å²) in [6.45, 7) is 2.98. The molecule has 2 aromatic rings. The number of allylic oxidation sites excluding steroid dienone is 5. The van der Waals surface area contributed by atoms with Crippen LogP contribution < -0.4 is 0 Å². The largest absolute Gasteiger partial charge is 0.324 e. The number of hydrogen-bond acceptors (Lipinski definition) is 1. The molecule has 2 heteroatoms. The van der Waals surface area contributed by atoms with Gasteiger partial charge in [0.05, 0.1) is 11.0 Å². The Hall–Kier alpha value is -2.09. The van der Waals surface area contributed by atoms with Gasteiger partial charge in [-0.25, -0.2) is 4.98 Å². The van der Waals surface area contributed by atoms with E-state index in [-0.39, 0.29) is 0 Å². The Morgan fingerprint density at radius 1 is 1.22 bits per heavy atom. The Bertz CT molecular complexity index is 632. The van der Waals surface area contributed by atoms with E-state index in [1.54, 1.807) is 0 Å². The van der Waals surface area contributed by atoms with E-state index in [0.29, 0.717) is 5.92 Å². The maximum Gasteiger partial charge on any atom is 0.133 e. The molecule has 0 saturated heterocycles. The average molecular weight is 236 g/mol. The third-order valence-electron chi connectivity index (χ3n) is 3.22. The molecule has 0 unspecified atom stereocenters. The monoisotopic (exact) mass is 236 g/mol. The van der Waals surface area contributed by atoms with Crippen LogP contribution in [0.1, 0.15) is 12.7 Å². The first-order chi connectivity index (χ1) is 8.88. The van der Waals surface area contributed by atoms with Crippen LogP contribution in [-0.4, -0.2) is 9.55 Å².